The molecule has 22 heavy (non-hydrogen) atoms. The lowest BCUT2D eigenvalue weighted by atomic mass is 10.0. The number of benzene rings is 2. The van der Waals surface area contributed by atoms with Crippen molar-refractivity contribution in [2.75, 3.05) is 6.54 Å². The summed E-state index contributed by atoms with van der Waals surface area (Å²) < 4.78 is 0. The summed E-state index contributed by atoms with van der Waals surface area (Å²) in [6.45, 7) is 2.78. The molecule has 3 heteroatoms. The molecule has 2 rings (SSSR count). The molecule has 0 saturated carbocycles. The van der Waals surface area contributed by atoms with E-state index in [4.69, 9.17) is 5.73 Å². The molecule has 0 aromatic heterocycles. The van der Waals surface area contributed by atoms with E-state index in [1.807, 2.05) is 49.4 Å². The summed E-state index contributed by atoms with van der Waals surface area (Å²) in [5, 5.41) is 3.15. The van der Waals surface area contributed by atoms with Gasteiger partial charge in [0.25, 0.3) is 0 Å². The number of ketones is 1. The van der Waals surface area contributed by atoms with Gasteiger partial charge in [-0.2, -0.15) is 0 Å². The molecule has 2 aromatic carbocycles. The number of carbonyl (C=O) groups excluding carboxylic acids is 1. The highest BCUT2D eigenvalue weighted by Crippen LogP contribution is 2.20. The molecule has 0 saturated heterocycles. The predicted molar refractivity (Wildman–Crippen MR) is 91.7 cm³/mol. The highest BCUT2D eigenvalue weighted by atomic mass is 16.1. The molecule has 2 aromatic rings. The van der Waals surface area contributed by atoms with E-state index in [0.717, 1.165) is 30.5 Å². The molecule has 0 radical (unpaired) electrons. The number of nitrogens with two attached hydrogens (primary N) is 1. The van der Waals surface area contributed by atoms with Crippen molar-refractivity contribution >= 4 is 5.78 Å². The molecule has 0 amide bonds. The number of nitrogens with one attached hydrogen (secondary N) is 1. The molecule has 0 bridgehead atoms. The maximum atomic E-state index is 12.1. The lowest BCUT2D eigenvalue weighted by molar-refractivity contribution is 0.0979. The molecule has 3 nitrogen and oxygen atoms in total. The Balaban J connectivity index is 1.84. The minimum absolute atomic E-state index is 0.0150. The Morgan fingerprint density at radius 1 is 1.00 bits per heavy atom. The predicted octanol–water partition coefficient (Wildman–Crippen LogP) is 3.60. The van der Waals surface area contributed by atoms with Crippen molar-refractivity contribution < 1.29 is 4.79 Å². The van der Waals surface area contributed by atoms with Crippen molar-refractivity contribution in [1.29, 1.82) is 0 Å². The van der Waals surface area contributed by atoms with Crippen LogP contribution in [-0.4, -0.2) is 18.5 Å². The van der Waals surface area contributed by atoms with E-state index in [0.29, 0.717) is 6.42 Å². The average Bonchev–Trinajstić information content (AvgIpc) is 2.55. The number of rotatable bonds is 8. The molecular formula is C19H24N2O. The van der Waals surface area contributed by atoms with Crippen molar-refractivity contribution in [3.05, 3.63) is 60.2 Å². The fraction of sp³-hybridized carbons (Fsp3) is 0.316. The van der Waals surface area contributed by atoms with Crippen molar-refractivity contribution in [1.82, 2.24) is 5.32 Å². The Labute approximate surface area is 132 Å². The van der Waals surface area contributed by atoms with Crippen molar-refractivity contribution in [2.24, 2.45) is 5.73 Å². The second-order valence-electron chi connectivity index (χ2n) is 5.57. The molecule has 0 aliphatic carbocycles. The molecule has 116 valence electrons. The van der Waals surface area contributed by atoms with E-state index in [1.54, 1.807) is 0 Å². The zero-order valence-electron chi connectivity index (χ0n) is 13.1. The zero-order valence-corrected chi connectivity index (χ0v) is 13.1. The van der Waals surface area contributed by atoms with Crippen molar-refractivity contribution in [2.45, 2.75) is 32.4 Å². The van der Waals surface area contributed by atoms with E-state index in [-0.39, 0.29) is 11.9 Å². The normalized spacial score (nSPS) is 12.1. The van der Waals surface area contributed by atoms with Crippen LogP contribution in [0.5, 0.6) is 0 Å². The van der Waals surface area contributed by atoms with Crippen LogP contribution in [0.4, 0.5) is 0 Å². The summed E-state index contributed by atoms with van der Waals surface area (Å²) in [5.41, 5.74) is 8.71. The largest absolute Gasteiger partial charge is 0.316 e. The van der Waals surface area contributed by atoms with Gasteiger partial charge in [-0.25, -0.2) is 0 Å². The third kappa shape index (κ3) is 5.10. The molecule has 1 atom stereocenters. The topological polar surface area (TPSA) is 55.1 Å². The summed E-state index contributed by atoms with van der Waals surface area (Å²) in [6.07, 6.45) is 2.46. The highest BCUT2D eigenvalue weighted by Gasteiger charge is 2.06. The van der Waals surface area contributed by atoms with Gasteiger partial charge in [0.2, 0.25) is 0 Å². The lowest BCUT2D eigenvalue weighted by Gasteiger charge is -2.07. The minimum Gasteiger partial charge on any atom is -0.316 e. The van der Waals surface area contributed by atoms with Gasteiger partial charge in [-0.3, -0.25) is 4.79 Å². The first kappa shape index (κ1) is 16.4. The van der Waals surface area contributed by atoms with Gasteiger partial charge in [-0.05, 0) is 37.4 Å². The van der Waals surface area contributed by atoms with E-state index in [9.17, 15) is 4.79 Å². The van der Waals surface area contributed by atoms with E-state index < -0.39 is 0 Å². The highest BCUT2D eigenvalue weighted by molar-refractivity contribution is 5.96. The van der Waals surface area contributed by atoms with Crippen LogP contribution in [0.1, 0.15) is 36.5 Å². The SMILES string of the molecule is CC(N)NCCCCC(=O)c1ccc(-c2ccccc2)cc1. The fourth-order valence-electron chi connectivity index (χ4n) is 2.36. The first-order chi connectivity index (χ1) is 10.7. The smallest absolute Gasteiger partial charge is 0.162 e. The summed E-state index contributed by atoms with van der Waals surface area (Å²) in [7, 11) is 0. The van der Waals surface area contributed by atoms with E-state index in [2.05, 4.69) is 17.4 Å². The first-order valence-electron chi connectivity index (χ1n) is 7.84. The molecule has 0 fully saturated rings. The average molecular weight is 296 g/mol. The standard InChI is InChI=1S/C19H24N2O/c1-15(20)21-14-6-5-9-19(22)18-12-10-17(11-13-18)16-7-3-2-4-8-16/h2-4,7-8,10-13,15,21H,5-6,9,14,20H2,1H3. The van der Waals surface area contributed by atoms with Gasteiger partial charge in [0.15, 0.2) is 5.78 Å². The molecular weight excluding hydrogens is 272 g/mol. The maximum Gasteiger partial charge on any atom is 0.162 e. The van der Waals surface area contributed by atoms with Crippen LogP contribution in [0.3, 0.4) is 0 Å². The van der Waals surface area contributed by atoms with Crippen LogP contribution in [-0.2, 0) is 0 Å². The number of Topliss-reactive ketones (excluding diaryl/α,β-unsaturated/α-hetero) is 1. The maximum absolute atomic E-state index is 12.1. The monoisotopic (exact) mass is 296 g/mol. The van der Waals surface area contributed by atoms with E-state index >= 15 is 0 Å². The Morgan fingerprint density at radius 3 is 2.27 bits per heavy atom. The summed E-state index contributed by atoms with van der Waals surface area (Å²) in [4.78, 5) is 12.1. The Morgan fingerprint density at radius 2 is 1.64 bits per heavy atom. The molecule has 0 heterocycles. The number of hydrogen-bond donors (Lipinski definition) is 2. The van der Waals surface area contributed by atoms with Crippen LogP contribution in [0, 0.1) is 0 Å². The third-order valence-electron chi connectivity index (χ3n) is 3.61. The second kappa shape index (κ2) is 8.47. The number of carbonyl (C=O) groups is 1. The van der Waals surface area contributed by atoms with Gasteiger partial charge in [0, 0.05) is 12.0 Å². The third-order valence-corrected chi connectivity index (χ3v) is 3.61. The van der Waals surface area contributed by atoms with Crippen molar-refractivity contribution in [3.63, 3.8) is 0 Å². The first-order valence-corrected chi connectivity index (χ1v) is 7.84. The second-order valence-corrected chi connectivity index (χ2v) is 5.57. The zero-order chi connectivity index (χ0) is 15.8. The van der Waals surface area contributed by atoms with Gasteiger partial charge in [0.05, 0.1) is 6.17 Å². The number of hydrogen-bond acceptors (Lipinski definition) is 3. The van der Waals surface area contributed by atoms with Crippen LogP contribution in [0.15, 0.2) is 54.6 Å². The van der Waals surface area contributed by atoms with Crippen LogP contribution in [0.25, 0.3) is 11.1 Å². The fourth-order valence-corrected chi connectivity index (χ4v) is 2.36. The Bertz CT molecular complexity index is 576. The minimum atomic E-state index is 0.0150. The van der Waals surface area contributed by atoms with Crippen LogP contribution < -0.4 is 11.1 Å². The Hall–Kier alpha value is -1.97. The summed E-state index contributed by atoms with van der Waals surface area (Å²) in [6, 6.07) is 18.1. The molecule has 0 spiro atoms. The Kier molecular flexibility index (Phi) is 6.31. The molecule has 0 aliphatic rings. The molecule has 1 unspecified atom stereocenters. The molecule has 3 N–H and O–H groups in total. The van der Waals surface area contributed by atoms with E-state index in [1.165, 1.54) is 5.56 Å². The summed E-state index contributed by atoms with van der Waals surface area (Å²) in [5.74, 6) is 0.209. The van der Waals surface area contributed by atoms with Gasteiger partial charge >= 0.3 is 0 Å². The quantitative estimate of drug-likeness (QED) is 0.444. The lowest BCUT2D eigenvalue weighted by Crippen LogP contribution is -2.34. The number of unbranched alkanes of at least 4 members (excludes halogenated alkanes) is 1. The van der Waals surface area contributed by atoms with Crippen LogP contribution in [0.2, 0.25) is 0 Å². The van der Waals surface area contributed by atoms with Gasteiger partial charge in [-0.15, -0.1) is 0 Å². The van der Waals surface area contributed by atoms with Crippen molar-refractivity contribution in [3.8, 4) is 11.1 Å². The molecule has 0 aliphatic heterocycles. The van der Waals surface area contributed by atoms with Gasteiger partial charge in [-0.1, -0.05) is 54.6 Å². The van der Waals surface area contributed by atoms with Crippen LogP contribution >= 0.6 is 0 Å². The summed E-state index contributed by atoms with van der Waals surface area (Å²) >= 11 is 0. The van der Waals surface area contributed by atoms with Gasteiger partial charge in [0.1, 0.15) is 0 Å². The van der Waals surface area contributed by atoms with Gasteiger partial charge < -0.3 is 11.1 Å².